The highest BCUT2D eigenvalue weighted by atomic mass is 19.4. The number of rotatable bonds is 4. The highest BCUT2D eigenvalue weighted by molar-refractivity contribution is 6.04. The molecule has 1 aliphatic carbocycles. The van der Waals surface area contributed by atoms with E-state index >= 15 is 0 Å². The van der Waals surface area contributed by atoms with Crippen LogP contribution in [-0.2, 0) is 6.18 Å². The van der Waals surface area contributed by atoms with Crippen molar-refractivity contribution >= 4 is 11.6 Å². The van der Waals surface area contributed by atoms with Crippen LogP contribution in [0.15, 0.2) is 53.1 Å². The predicted molar refractivity (Wildman–Crippen MR) is 91.1 cm³/mol. The minimum absolute atomic E-state index is 0.224. The number of hydrogen-bond donors (Lipinski definition) is 1. The van der Waals surface area contributed by atoms with Crippen LogP contribution in [0.1, 0.15) is 40.6 Å². The summed E-state index contributed by atoms with van der Waals surface area (Å²) in [5, 5.41) is 6.23. The fourth-order valence-electron chi connectivity index (χ4n) is 2.65. The molecule has 1 aliphatic rings. The van der Waals surface area contributed by atoms with Gasteiger partial charge in [-0.15, -0.1) is 0 Å². The van der Waals surface area contributed by atoms with E-state index in [1.54, 1.807) is 12.1 Å². The van der Waals surface area contributed by atoms with Gasteiger partial charge in [0.15, 0.2) is 0 Å². The first-order valence-electron chi connectivity index (χ1n) is 8.33. The number of benzene rings is 2. The molecule has 0 atom stereocenters. The van der Waals surface area contributed by atoms with Gasteiger partial charge in [0.05, 0.1) is 11.3 Å². The van der Waals surface area contributed by atoms with Gasteiger partial charge in [0, 0.05) is 17.0 Å². The Morgan fingerprint density at radius 1 is 1.07 bits per heavy atom. The number of nitrogens with zero attached hydrogens (tertiary/aromatic N) is 2. The van der Waals surface area contributed by atoms with Crippen molar-refractivity contribution < 1.29 is 22.5 Å². The van der Waals surface area contributed by atoms with Crippen LogP contribution in [0.5, 0.6) is 0 Å². The van der Waals surface area contributed by atoms with Crippen molar-refractivity contribution in [2.24, 2.45) is 0 Å². The fourth-order valence-corrected chi connectivity index (χ4v) is 2.65. The van der Waals surface area contributed by atoms with Gasteiger partial charge in [-0.3, -0.25) is 4.79 Å². The molecule has 1 amide bonds. The molecular formula is C19H14F3N3O2. The number of nitrogens with one attached hydrogen (secondary N) is 1. The number of alkyl halides is 3. The molecule has 0 saturated heterocycles. The lowest BCUT2D eigenvalue weighted by Crippen LogP contribution is -2.16. The first-order chi connectivity index (χ1) is 12.9. The third-order valence-electron chi connectivity index (χ3n) is 4.25. The lowest BCUT2D eigenvalue weighted by molar-refractivity contribution is -0.136. The Balaban J connectivity index is 1.51. The Hall–Kier alpha value is -3.16. The summed E-state index contributed by atoms with van der Waals surface area (Å²) in [7, 11) is 0. The average molecular weight is 373 g/mol. The van der Waals surface area contributed by atoms with E-state index in [4.69, 9.17) is 4.52 Å². The summed E-state index contributed by atoms with van der Waals surface area (Å²) in [5.41, 5.74) is -0.291. The largest absolute Gasteiger partial charge is 0.418 e. The first kappa shape index (κ1) is 17.3. The molecule has 27 heavy (non-hydrogen) atoms. The molecule has 2 aromatic carbocycles. The van der Waals surface area contributed by atoms with Crippen molar-refractivity contribution in [3.63, 3.8) is 0 Å². The molecule has 1 heterocycles. The molecule has 4 rings (SSSR count). The Bertz CT molecular complexity index is 976. The van der Waals surface area contributed by atoms with Crippen molar-refractivity contribution in [1.29, 1.82) is 0 Å². The number of amides is 1. The van der Waals surface area contributed by atoms with Crippen molar-refractivity contribution in [2.45, 2.75) is 24.9 Å². The van der Waals surface area contributed by atoms with E-state index in [9.17, 15) is 18.0 Å². The average Bonchev–Trinajstić information content (AvgIpc) is 3.38. The minimum atomic E-state index is -4.55. The number of carbonyl (C=O) groups is 1. The maximum atomic E-state index is 13.0. The molecule has 0 unspecified atom stereocenters. The van der Waals surface area contributed by atoms with Crippen LogP contribution < -0.4 is 5.32 Å². The van der Waals surface area contributed by atoms with Crippen molar-refractivity contribution in [3.8, 4) is 11.4 Å². The Kier molecular flexibility index (Phi) is 4.18. The van der Waals surface area contributed by atoms with E-state index in [2.05, 4.69) is 15.5 Å². The zero-order valence-corrected chi connectivity index (χ0v) is 14.0. The van der Waals surface area contributed by atoms with Crippen LogP contribution in [0.3, 0.4) is 0 Å². The highest BCUT2D eigenvalue weighted by Crippen LogP contribution is 2.39. The molecule has 0 bridgehead atoms. The number of aromatic nitrogens is 2. The van der Waals surface area contributed by atoms with Crippen LogP contribution >= 0.6 is 0 Å². The molecular weight excluding hydrogens is 359 g/mol. The second kappa shape index (κ2) is 6.53. The monoisotopic (exact) mass is 373 g/mol. The van der Waals surface area contributed by atoms with Gasteiger partial charge in [-0.1, -0.05) is 29.4 Å². The van der Waals surface area contributed by atoms with E-state index in [1.807, 2.05) is 0 Å². The predicted octanol–water partition coefficient (Wildman–Crippen LogP) is 4.89. The van der Waals surface area contributed by atoms with Crippen LogP contribution in [0.4, 0.5) is 18.9 Å². The summed E-state index contributed by atoms with van der Waals surface area (Å²) in [4.78, 5) is 16.6. The van der Waals surface area contributed by atoms with Crippen molar-refractivity contribution in [1.82, 2.24) is 10.1 Å². The normalized spacial score (nSPS) is 14.2. The van der Waals surface area contributed by atoms with Gasteiger partial charge in [0.2, 0.25) is 11.7 Å². The minimum Gasteiger partial charge on any atom is -0.339 e. The Morgan fingerprint density at radius 2 is 1.78 bits per heavy atom. The number of hydrogen-bond acceptors (Lipinski definition) is 4. The first-order valence-corrected chi connectivity index (χ1v) is 8.33. The van der Waals surface area contributed by atoms with Crippen LogP contribution in [0.2, 0.25) is 0 Å². The van der Waals surface area contributed by atoms with Gasteiger partial charge in [0.1, 0.15) is 0 Å². The summed E-state index contributed by atoms with van der Waals surface area (Å²) < 4.78 is 44.3. The van der Waals surface area contributed by atoms with Gasteiger partial charge in [-0.2, -0.15) is 18.2 Å². The molecule has 1 N–H and O–H groups in total. The number of anilines is 1. The van der Waals surface area contributed by atoms with Crippen LogP contribution in [0.25, 0.3) is 11.4 Å². The summed E-state index contributed by atoms with van der Waals surface area (Å²) in [5.74, 6) is 0.733. The third-order valence-corrected chi connectivity index (χ3v) is 4.25. The van der Waals surface area contributed by atoms with E-state index in [1.165, 1.54) is 30.3 Å². The number of para-hydroxylation sites is 1. The smallest absolute Gasteiger partial charge is 0.339 e. The molecule has 1 fully saturated rings. The van der Waals surface area contributed by atoms with E-state index in [-0.39, 0.29) is 11.3 Å². The highest BCUT2D eigenvalue weighted by Gasteiger charge is 2.33. The van der Waals surface area contributed by atoms with Gasteiger partial charge >= 0.3 is 6.18 Å². The third kappa shape index (κ3) is 3.69. The summed E-state index contributed by atoms with van der Waals surface area (Å²) in [6.07, 6.45) is -2.47. The molecule has 138 valence electrons. The Labute approximate surface area is 152 Å². The maximum absolute atomic E-state index is 13.0. The summed E-state index contributed by atoms with van der Waals surface area (Å²) >= 11 is 0. The van der Waals surface area contributed by atoms with Crippen molar-refractivity contribution in [3.05, 3.63) is 65.5 Å². The lowest BCUT2D eigenvalue weighted by Gasteiger charge is -2.13. The molecule has 0 aliphatic heterocycles. The topological polar surface area (TPSA) is 68.0 Å². The Morgan fingerprint density at radius 3 is 2.44 bits per heavy atom. The van der Waals surface area contributed by atoms with Gasteiger partial charge < -0.3 is 9.84 Å². The van der Waals surface area contributed by atoms with Crippen LogP contribution in [-0.4, -0.2) is 16.0 Å². The molecule has 1 saturated carbocycles. The molecule has 0 spiro atoms. The van der Waals surface area contributed by atoms with Gasteiger partial charge in [-0.25, -0.2) is 0 Å². The second-order valence-electron chi connectivity index (χ2n) is 6.31. The molecule has 0 radical (unpaired) electrons. The van der Waals surface area contributed by atoms with E-state index < -0.39 is 17.6 Å². The quantitative estimate of drug-likeness (QED) is 0.707. The van der Waals surface area contributed by atoms with Crippen molar-refractivity contribution in [2.75, 3.05) is 5.32 Å². The maximum Gasteiger partial charge on any atom is 0.418 e. The van der Waals surface area contributed by atoms with Gasteiger partial charge in [-0.05, 0) is 37.1 Å². The molecule has 3 aromatic rings. The fraction of sp³-hybridized carbons (Fsp3) is 0.211. The number of halogens is 3. The van der Waals surface area contributed by atoms with E-state index in [0.29, 0.717) is 23.2 Å². The second-order valence-corrected chi connectivity index (χ2v) is 6.31. The zero-order valence-electron chi connectivity index (χ0n) is 14.0. The molecule has 1 aromatic heterocycles. The van der Waals surface area contributed by atoms with E-state index in [0.717, 1.165) is 18.9 Å². The summed E-state index contributed by atoms with van der Waals surface area (Å²) in [6, 6.07) is 11.1. The zero-order chi connectivity index (χ0) is 19.0. The lowest BCUT2D eigenvalue weighted by atomic mass is 10.1. The molecule has 8 heteroatoms. The standard InChI is InChI=1S/C19H14F3N3O2/c20-19(21,22)14-3-1-2-4-15(14)23-17(26)12-7-5-11(6-8-12)16-24-18(27-25-16)13-9-10-13/h1-8,13H,9-10H2,(H,23,26). The summed E-state index contributed by atoms with van der Waals surface area (Å²) in [6.45, 7) is 0. The number of carbonyl (C=O) groups excluding carboxylic acids is 1. The SMILES string of the molecule is O=C(Nc1ccccc1C(F)(F)F)c1ccc(-c2noc(C3CC3)n2)cc1. The van der Waals surface area contributed by atoms with Crippen LogP contribution in [0, 0.1) is 0 Å². The molecule has 5 nitrogen and oxygen atoms in total. The van der Waals surface area contributed by atoms with Gasteiger partial charge in [0.25, 0.3) is 5.91 Å².